The fourth-order valence-corrected chi connectivity index (χ4v) is 2.69. The number of aromatic nitrogens is 2. The van der Waals surface area contributed by atoms with Crippen LogP contribution in [-0.4, -0.2) is 15.9 Å². The number of aromatic amines is 1. The molecule has 1 heterocycles. The number of H-pyrrole nitrogens is 1. The van der Waals surface area contributed by atoms with Gasteiger partial charge in [0.05, 0.1) is 5.69 Å². The molecular weight excluding hydrogens is 302 g/mol. The molecule has 3 rings (SSSR count). The number of benzene rings is 1. The molecule has 0 aliphatic heterocycles. The molecule has 6 nitrogen and oxygen atoms in total. The molecule has 0 fully saturated rings. The molecule has 2 aromatic rings. The number of guanidine groups is 1. The van der Waals surface area contributed by atoms with Crippen molar-refractivity contribution in [2.24, 2.45) is 10.7 Å². The topological polar surface area (TPSA) is 96.2 Å². The molecule has 0 saturated carbocycles. The van der Waals surface area contributed by atoms with Crippen molar-refractivity contribution in [3.63, 3.8) is 0 Å². The monoisotopic (exact) mass is 317 g/mol. The second kappa shape index (κ2) is 6.19. The Morgan fingerprint density at radius 3 is 3.00 bits per heavy atom. The molecule has 1 aromatic carbocycles. The fourth-order valence-electron chi connectivity index (χ4n) is 2.50. The van der Waals surface area contributed by atoms with Gasteiger partial charge in [-0.1, -0.05) is 17.7 Å². The van der Waals surface area contributed by atoms with Gasteiger partial charge in [-0.3, -0.25) is 9.78 Å². The molecule has 4 N–H and O–H groups in total. The minimum atomic E-state index is -0.126. The zero-order valence-electron chi connectivity index (χ0n) is 11.9. The average molecular weight is 318 g/mol. The van der Waals surface area contributed by atoms with Gasteiger partial charge in [0, 0.05) is 16.3 Å². The molecule has 0 unspecified atom stereocenters. The third-order valence-electron chi connectivity index (χ3n) is 3.50. The first-order valence-corrected chi connectivity index (χ1v) is 7.48. The minimum absolute atomic E-state index is 0.126. The first-order valence-electron chi connectivity index (χ1n) is 7.10. The van der Waals surface area contributed by atoms with E-state index in [2.05, 4.69) is 20.3 Å². The van der Waals surface area contributed by atoms with Gasteiger partial charge < -0.3 is 11.1 Å². The maximum atomic E-state index is 12.0. The number of nitrogens with zero attached hydrogens (tertiary/aromatic N) is 2. The first kappa shape index (κ1) is 14.6. The smallest absolute Gasteiger partial charge is 0.255 e. The third-order valence-corrected chi connectivity index (χ3v) is 3.74. The summed E-state index contributed by atoms with van der Waals surface area (Å²) in [5.41, 5.74) is 8.03. The van der Waals surface area contributed by atoms with Crippen LogP contribution in [0.25, 0.3) is 0 Å². The molecule has 1 aromatic heterocycles. The van der Waals surface area contributed by atoms with E-state index in [9.17, 15) is 4.79 Å². The maximum Gasteiger partial charge on any atom is 0.255 e. The second-order valence-corrected chi connectivity index (χ2v) is 5.59. The Balaban J connectivity index is 1.85. The Morgan fingerprint density at radius 1 is 1.36 bits per heavy atom. The summed E-state index contributed by atoms with van der Waals surface area (Å²) in [4.78, 5) is 23.2. The van der Waals surface area contributed by atoms with Crippen molar-refractivity contribution < 1.29 is 0 Å². The van der Waals surface area contributed by atoms with Crippen molar-refractivity contribution in [3.8, 4) is 0 Å². The molecule has 22 heavy (non-hydrogen) atoms. The van der Waals surface area contributed by atoms with Gasteiger partial charge in [-0.05, 0) is 43.9 Å². The van der Waals surface area contributed by atoms with Crippen molar-refractivity contribution in [1.82, 2.24) is 9.97 Å². The highest BCUT2D eigenvalue weighted by atomic mass is 35.5. The number of nitrogens with one attached hydrogen (secondary N) is 2. The van der Waals surface area contributed by atoms with Crippen LogP contribution in [0.5, 0.6) is 0 Å². The van der Waals surface area contributed by atoms with E-state index >= 15 is 0 Å². The van der Waals surface area contributed by atoms with Gasteiger partial charge in [-0.2, -0.15) is 4.99 Å². The minimum Gasteiger partial charge on any atom is -0.369 e. The molecule has 0 atom stereocenters. The third kappa shape index (κ3) is 3.28. The molecule has 0 radical (unpaired) electrons. The number of aryl methyl sites for hydroxylation is 1. The molecule has 0 spiro atoms. The fraction of sp³-hybridized carbons (Fsp3) is 0.267. The lowest BCUT2D eigenvalue weighted by atomic mass is 9.97. The SMILES string of the molecule is N/C(=N\c1nc2c(c(=O)[nH]1)CCCC2)Nc1cccc(Cl)c1. The molecule has 7 heteroatoms. The zero-order chi connectivity index (χ0) is 15.5. The normalized spacial score (nSPS) is 14.5. The van der Waals surface area contributed by atoms with Crippen LogP contribution < -0.4 is 16.6 Å². The van der Waals surface area contributed by atoms with Crippen LogP contribution >= 0.6 is 11.6 Å². The summed E-state index contributed by atoms with van der Waals surface area (Å²) in [6.07, 6.45) is 3.66. The number of halogens is 1. The predicted molar refractivity (Wildman–Crippen MR) is 87.9 cm³/mol. The lowest BCUT2D eigenvalue weighted by Gasteiger charge is -2.13. The quantitative estimate of drug-likeness (QED) is 0.585. The Morgan fingerprint density at radius 2 is 2.18 bits per heavy atom. The number of aliphatic imine (C=N–C) groups is 1. The van der Waals surface area contributed by atoms with E-state index in [4.69, 9.17) is 17.3 Å². The Hall–Kier alpha value is -2.34. The molecule has 0 amide bonds. The van der Waals surface area contributed by atoms with Gasteiger partial charge in [-0.15, -0.1) is 0 Å². The molecule has 0 saturated heterocycles. The van der Waals surface area contributed by atoms with Crippen molar-refractivity contribution in [2.45, 2.75) is 25.7 Å². The number of anilines is 1. The number of nitrogens with two attached hydrogens (primary N) is 1. The molecule has 1 aliphatic rings. The van der Waals surface area contributed by atoms with Gasteiger partial charge in [0.15, 0.2) is 0 Å². The number of hydrogen-bond donors (Lipinski definition) is 3. The summed E-state index contributed by atoms with van der Waals surface area (Å²) >= 11 is 5.91. The van der Waals surface area contributed by atoms with E-state index in [1.54, 1.807) is 18.2 Å². The van der Waals surface area contributed by atoms with E-state index in [-0.39, 0.29) is 17.5 Å². The first-order chi connectivity index (χ1) is 10.6. The largest absolute Gasteiger partial charge is 0.369 e. The average Bonchev–Trinajstić information content (AvgIpc) is 2.47. The Kier molecular flexibility index (Phi) is 4.11. The molecule has 0 bridgehead atoms. The van der Waals surface area contributed by atoms with Crippen LogP contribution in [0, 0.1) is 0 Å². The van der Waals surface area contributed by atoms with Crippen molar-refractivity contribution in [1.29, 1.82) is 0 Å². The predicted octanol–water partition coefficient (Wildman–Crippen LogP) is 2.36. The molecule has 114 valence electrons. The summed E-state index contributed by atoms with van der Waals surface area (Å²) in [6.45, 7) is 0. The number of fused-ring (bicyclic) bond motifs is 1. The van der Waals surface area contributed by atoms with Crippen LogP contribution in [-0.2, 0) is 12.8 Å². The van der Waals surface area contributed by atoms with E-state index in [0.29, 0.717) is 10.7 Å². The summed E-state index contributed by atoms with van der Waals surface area (Å²) in [5, 5.41) is 3.51. The van der Waals surface area contributed by atoms with E-state index in [1.807, 2.05) is 6.07 Å². The highest BCUT2D eigenvalue weighted by Gasteiger charge is 2.15. The van der Waals surface area contributed by atoms with Gasteiger partial charge in [0.1, 0.15) is 0 Å². The molecular formula is C15H16ClN5O. The van der Waals surface area contributed by atoms with Gasteiger partial charge in [0.2, 0.25) is 11.9 Å². The summed E-state index contributed by atoms with van der Waals surface area (Å²) < 4.78 is 0. The summed E-state index contributed by atoms with van der Waals surface area (Å²) in [7, 11) is 0. The lowest BCUT2D eigenvalue weighted by molar-refractivity contribution is 0.657. The lowest BCUT2D eigenvalue weighted by Crippen LogP contribution is -2.24. The number of hydrogen-bond acceptors (Lipinski definition) is 3. The highest BCUT2D eigenvalue weighted by molar-refractivity contribution is 6.30. The Bertz CT molecular complexity index is 784. The number of rotatable bonds is 2. The highest BCUT2D eigenvalue weighted by Crippen LogP contribution is 2.18. The standard InChI is InChI=1S/C15H16ClN5O/c16-9-4-3-5-10(8-9)18-14(17)21-15-19-12-7-2-1-6-11(12)13(22)20-15/h3-5,8H,1-2,6-7H2,(H4,17,18,19,20,21,22). The van der Waals surface area contributed by atoms with Crippen LogP contribution in [0.1, 0.15) is 24.1 Å². The van der Waals surface area contributed by atoms with Crippen LogP contribution in [0.15, 0.2) is 34.1 Å². The van der Waals surface area contributed by atoms with Crippen molar-refractivity contribution in [3.05, 3.63) is 50.9 Å². The molecule has 1 aliphatic carbocycles. The van der Waals surface area contributed by atoms with Gasteiger partial charge in [-0.25, -0.2) is 4.98 Å². The van der Waals surface area contributed by atoms with Crippen LogP contribution in [0.4, 0.5) is 11.6 Å². The summed E-state index contributed by atoms with van der Waals surface area (Å²) in [6, 6.07) is 7.11. The van der Waals surface area contributed by atoms with E-state index in [1.165, 1.54) is 0 Å². The van der Waals surface area contributed by atoms with Crippen LogP contribution in [0.2, 0.25) is 5.02 Å². The van der Waals surface area contributed by atoms with Crippen molar-refractivity contribution in [2.75, 3.05) is 5.32 Å². The van der Waals surface area contributed by atoms with Crippen molar-refractivity contribution >= 4 is 29.2 Å². The summed E-state index contributed by atoms with van der Waals surface area (Å²) in [5.74, 6) is 0.360. The second-order valence-electron chi connectivity index (χ2n) is 5.15. The Labute approximate surface area is 132 Å². The van der Waals surface area contributed by atoms with Gasteiger partial charge in [0.25, 0.3) is 5.56 Å². The van der Waals surface area contributed by atoms with E-state index in [0.717, 1.165) is 36.9 Å². The van der Waals surface area contributed by atoms with Gasteiger partial charge >= 0.3 is 0 Å². The maximum absolute atomic E-state index is 12.0. The van der Waals surface area contributed by atoms with Crippen LogP contribution in [0.3, 0.4) is 0 Å². The van der Waals surface area contributed by atoms with E-state index < -0.39 is 0 Å². The zero-order valence-corrected chi connectivity index (χ0v) is 12.7.